The van der Waals surface area contributed by atoms with Crippen LogP contribution in [-0.4, -0.2) is 16.7 Å². The van der Waals surface area contributed by atoms with Gasteiger partial charge in [0.1, 0.15) is 5.01 Å². The average molecular weight is 281 g/mol. The Bertz CT molecular complexity index is 490. The van der Waals surface area contributed by atoms with Gasteiger partial charge in [-0.1, -0.05) is 32.1 Å². The summed E-state index contributed by atoms with van der Waals surface area (Å²) in [5.41, 5.74) is 1.37. The quantitative estimate of drug-likeness (QED) is 0.873. The Morgan fingerprint density at radius 1 is 1.28 bits per heavy atom. The molecule has 1 N–H and O–H groups in total. The zero-order chi connectivity index (χ0) is 13.0. The third-order valence-electron chi connectivity index (χ3n) is 2.92. The summed E-state index contributed by atoms with van der Waals surface area (Å²) in [6.07, 6.45) is 2.10. The maximum Gasteiger partial charge on any atom is 0.158 e. The summed E-state index contributed by atoms with van der Waals surface area (Å²) in [5, 5.41) is 16.5. The summed E-state index contributed by atoms with van der Waals surface area (Å²) in [5.74, 6) is 0. The highest BCUT2D eigenvalue weighted by Crippen LogP contribution is 2.34. The second kappa shape index (κ2) is 6.41. The Labute approximate surface area is 116 Å². The van der Waals surface area contributed by atoms with Gasteiger partial charge in [-0.2, -0.15) is 0 Å². The number of nitrogens with zero attached hydrogens (tertiary/aromatic N) is 2. The van der Waals surface area contributed by atoms with Gasteiger partial charge in [0, 0.05) is 0 Å². The summed E-state index contributed by atoms with van der Waals surface area (Å²) in [7, 11) is 0. The summed E-state index contributed by atoms with van der Waals surface area (Å²) < 4.78 is 0. The first-order valence-corrected chi connectivity index (χ1v) is 8.13. The van der Waals surface area contributed by atoms with E-state index in [-0.39, 0.29) is 0 Å². The molecular formula is C13H19N3S2. The molecule has 2 heterocycles. The zero-order valence-electron chi connectivity index (χ0n) is 11.1. The molecule has 0 spiro atoms. The van der Waals surface area contributed by atoms with Gasteiger partial charge in [-0.25, -0.2) is 0 Å². The minimum Gasteiger partial charge on any atom is -0.308 e. The van der Waals surface area contributed by atoms with Crippen LogP contribution in [0.5, 0.6) is 0 Å². The lowest BCUT2D eigenvalue weighted by Crippen LogP contribution is -2.19. The van der Waals surface area contributed by atoms with Gasteiger partial charge in [-0.15, -0.1) is 21.5 Å². The van der Waals surface area contributed by atoms with Crippen molar-refractivity contribution in [2.45, 2.75) is 39.7 Å². The Morgan fingerprint density at radius 2 is 2.11 bits per heavy atom. The molecule has 2 aromatic heterocycles. The van der Waals surface area contributed by atoms with Gasteiger partial charge in [0.2, 0.25) is 0 Å². The van der Waals surface area contributed by atoms with E-state index in [1.165, 1.54) is 10.4 Å². The van der Waals surface area contributed by atoms with Crippen LogP contribution in [0.4, 0.5) is 0 Å². The predicted octanol–water partition coefficient (Wildman–Crippen LogP) is 3.89. The highest BCUT2D eigenvalue weighted by molar-refractivity contribution is 7.21. The normalized spacial score (nSPS) is 12.8. The largest absolute Gasteiger partial charge is 0.308 e. The summed E-state index contributed by atoms with van der Waals surface area (Å²) in [6.45, 7) is 7.45. The van der Waals surface area contributed by atoms with Crippen LogP contribution in [0.2, 0.25) is 0 Å². The van der Waals surface area contributed by atoms with Gasteiger partial charge >= 0.3 is 0 Å². The third-order valence-corrected chi connectivity index (χ3v) is 5.07. The van der Waals surface area contributed by atoms with E-state index in [1.54, 1.807) is 22.7 Å². The molecule has 1 atom stereocenters. The van der Waals surface area contributed by atoms with Crippen molar-refractivity contribution in [1.82, 2.24) is 15.5 Å². The predicted molar refractivity (Wildman–Crippen MR) is 79.3 cm³/mol. The lowest BCUT2D eigenvalue weighted by molar-refractivity contribution is 0.531. The molecule has 0 amide bonds. The fraction of sp³-hybridized carbons (Fsp3) is 0.538. The van der Waals surface area contributed by atoms with E-state index in [2.05, 4.69) is 47.7 Å². The molecule has 98 valence electrons. The lowest BCUT2D eigenvalue weighted by Gasteiger charge is -2.10. The van der Waals surface area contributed by atoms with E-state index in [9.17, 15) is 0 Å². The molecule has 0 radical (unpaired) electrons. The highest BCUT2D eigenvalue weighted by atomic mass is 32.1. The van der Waals surface area contributed by atoms with E-state index < -0.39 is 0 Å². The Kier molecular flexibility index (Phi) is 4.86. The van der Waals surface area contributed by atoms with Gasteiger partial charge in [0.25, 0.3) is 0 Å². The standard InChI is InChI=1S/C13H19N3S2/c1-4-9-7-8-17-11(9)13-16-15-12(18-13)10(5-2)14-6-3/h7-8,10,14H,4-6H2,1-3H3. The third kappa shape index (κ3) is 2.79. The minimum absolute atomic E-state index is 0.339. The van der Waals surface area contributed by atoms with Crippen molar-refractivity contribution in [3.63, 3.8) is 0 Å². The van der Waals surface area contributed by atoms with Gasteiger partial charge in [-0.05, 0) is 36.4 Å². The SMILES string of the molecule is CCNC(CC)c1nnc(-c2sccc2CC)s1. The van der Waals surface area contributed by atoms with E-state index in [0.717, 1.165) is 29.4 Å². The lowest BCUT2D eigenvalue weighted by atomic mass is 10.2. The van der Waals surface area contributed by atoms with Crippen molar-refractivity contribution >= 4 is 22.7 Å². The number of hydrogen-bond acceptors (Lipinski definition) is 5. The maximum atomic E-state index is 4.36. The van der Waals surface area contributed by atoms with Crippen molar-refractivity contribution < 1.29 is 0 Å². The molecule has 0 saturated carbocycles. The second-order valence-electron chi connectivity index (χ2n) is 4.09. The monoisotopic (exact) mass is 281 g/mol. The van der Waals surface area contributed by atoms with Crippen LogP contribution < -0.4 is 5.32 Å². The van der Waals surface area contributed by atoms with E-state index in [1.807, 2.05) is 0 Å². The maximum absolute atomic E-state index is 4.36. The first-order chi connectivity index (χ1) is 8.80. The summed E-state index contributed by atoms with van der Waals surface area (Å²) >= 11 is 3.48. The molecule has 3 nitrogen and oxygen atoms in total. The number of hydrogen-bond donors (Lipinski definition) is 1. The molecule has 0 fully saturated rings. The van der Waals surface area contributed by atoms with E-state index in [4.69, 9.17) is 0 Å². The van der Waals surface area contributed by atoms with Gasteiger partial charge in [0.05, 0.1) is 10.9 Å². The van der Waals surface area contributed by atoms with Crippen LogP contribution in [-0.2, 0) is 6.42 Å². The molecule has 2 rings (SSSR count). The Balaban J connectivity index is 2.24. The average Bonchev–Trinajstić information content (AvgIpc) is 3.03. The van der Waals surface area contributed by atoms with Crippen LogP contribution in [0, 0.1) is 0 Å². The summed E-state index contributed by atoms with van der Waals surface area (Å²) in [4.78, 5) is 1.28. The van der Waals surface area contributed by atoms with Crippen molar-refractivity contribution in [1.29, 1.82) is 0 Å². The number of aryl methyl sites for hydroxylation is 1. The Morgan fingerprint density at radius 3 is 2.78 bits per heavy atom. The smallest absolute Gasteiger partial charge is 0.158 e. The van der Waals surface area contributed by atoms with Gasteiger partial charge in [-0.3, -0.25) is 0 Å². The molecule has 5 heteroatoms. The van der Waals surface area contributed by atoms with Crippen LogP contribution >= 0.6 is 22.7 Å². The Hall–Kier alpha value is -0.780. The van der Waals surface area contributed by atoms with E-state index in [0.29, 0.717) is 6.04 Å². The number of aromatic nitrogens is 2. The van der Waals surface area contributed by atoms with Crippen LogP contribution in [0.25, 0.3) is 9.88 Å². The fourth-order valence-electron chi connectivity index (χ4n) is 1.92. The molecule has 0 aliphatic carbocycles. The first kappa shape index (κ1) is 13.6. The molecule has 2 aromatic rings. The first-order valence-electron chi connectivity index (χ1n) is 6.43. The van der Waals surface area contributed by atoms with Crippen molar-refractivity contribution in [2.24, 2.45) is 0 Å². The van der Waals surface area contributed by atoms with Crippen molar-refractivity contribution in [2.75, 3.05) is 6.54 Å². The summed E-state index contributed by atoms with van der Waals surface area (Å²) in [6, 6.07) is 2.52. The molecule has 0 aliphatic rings. The molecule has 18 heavy (non-hydrogen) atoms. The van der Waals surface area contributed by atoms with Crippen molar-refractivity contribution in [3.8, 4) is 9.88 Å². The van der Waals surface area contributed by atoms with E-state index >= 15 is 0 Å². The number of thiophene rings is 1. The fourth-order valence-corrected chi connectivity index (χ4v) is 4.04. The van der Waals surface area contributed by atoms with Crippen molar-refractivity contribution in [3.05, 3.63) is 22.0 Å². The van der Waals surface area contributed by atoms with Crippen LogP contribution in [0.1, 0.15) is 43.8 Å². The number of rotatable bonds is 6. The van der Waals surface area contributed by atoms with Gasteiger partial charge in [0.15, 0.2) is 5.01 Å². The molecule has 0 saturated heterocycles. The highest BCUT2D eigenvalue weighted by Gasteiger charge is 2.16. The zero-order valence-corrected chi connectivity index (χ0v) is 12.7. The second-order valence-corrected chi connectivity index (χ2v) is 6.02. The minimum atomic E-state index is 0.339. The molecular weight excluding hydrogens is 262 g/mol. The van der Waals surface area contributed by atoms with Crippen LogP contribution in [0.15, 0.2) is 11.4 Å². The number of nitrogens with one attached hydrogen (secondary N) is 1. The van der Waals surface area contributed by atoms with Gasteiger partial charge < -0.3 is 5.32 Å². The topological polar surface area (TPSA) is 37.8 Å². The molecule has 0 aromatic carbocycles. The molecule has 1 unspecified atom stereocenters. The molecule has 0 bridgehead atoms. The molecule has 0 aliphatic heterocycles. The van der Waals surface area contributed by atoms with Crippen LogP contribution in [0.3, 0.4) is 0 Å².